The van der Waals surface area contributed by atoms with E-state index in [1.54, 1.807) is 53.4 Å². The van der Waals surface area contributed by atoms with Crippen molar-refractivity contribution in [1.82, 2.24) is 4.48 Å². The van der Waals surface area contributed by atoms with E-state index in [9.17, 15) is 14.4 Å². The standard InChI is InChI=1S/C25H25ClN4O5/c1-2-12-35-21-14-25(23(27)32,30(15-21,24(28)33)20-9-5-18(26)6-10-20)17-3-7-19(8-4-17)29-11-13-34-16-22(29)31/h1,3-10,21H,11-16H2,(H3-,27,28,32,33)/p+1/t21-,25-,30?/m1/s1. The van der Waals surface area contributed by atoms with Crippen molar-refractivity contribution in [3.8, 4) is 12.3 Å². The van der Waals surface area contributed by atoms with E-state index in [0.717, 1.165) is 0 Å². The molecule has 4 N–H and O–H groups in total. The molecule has 2 aromatic rings. The number of nitrogens with two attached hydrogens (primary N) is 2. The number of nitrogens with zero attached hydrogens (tertiary/aromatic N) is 2. The minimum atomic E-state index is -1.59. The molecule has 0 aromatic heterocycles. The molecular weight excluding hydrogens is 472 g/mol. The second-order valence-corrected chi connectivity index (χ2v) is 8.95. The number of hydrogen-bond donors (Lipinski definition) is 2. The van der Waals surface area contributed by atoms with Crippen LogP contribution in [0.2, 0.25) is 5.02 Å². The van der Waals surface area contributed by atoms with Gasteiger partial charge in [0.1, 0.15) is 31.5 Å². The van der Waals surface area contributed by atoms with E-state index in [1.165, 1.54) is 0 Å². The predicted octanol–water partition coefficient (Wildman–Crippen LogP) is 1.89. The Hall–Kier alpha value is -3.42. The Morgan fingerprint density at radius 1 is 1.20 bits per heavy atom. The van der Waals surface area contributed by atoms with Crippen molar-refractivity contribution in [2.45, 2.75) is 18.1 Å². The van der Waals surface area contributed by atoms with Gasteiger partial charge < -0.3 is 25.8 Å². The lowest BCUT2D eigenvalue weighted by molar-refractivity contribution is -0.127. The van der Waals surface area contributed by atoms with Gasteiger partial charge in [-0.05, 0) is 24.3 Å². The van der Waals surface area contributed by atoms with Crippen molar-refractivity contribution in [3.05, 3.63) is 59.1 Å². The van der Waals surface area contributed by atoms with Crippen molar-refractivity contribution in [1.29, 1.82) is 0 Å². The second kappa shape index (κ2) is 9.68. The van der Waals surface area contributed by atoms with E-state index in [4.69, 9.17) is 39.0 Å². The van der Waals surface area contributed by atoms with Gasteiger partial charge in [-0.25, -0.2) is 4.79 Å². The number of ether oxygens (including phenoxy) is 2. The zero-order chi connectivity index (χ0) is 25.2. The lowest BCUT2D eigenvalue weighted by atomic mass is 9.83. The van der Waals surface area contributed by atoms with E-state index < -0.39 is 28.1 Å². The third-order valence-corrected chi connectivity index (χ3v) is 7.00. The van der Waals surface area contributed by atoms with Crippen molar-refractivity contribution in [3.63, 3.8) is 0 Å². The molecule has 2 saturated heterocycles. The number of halogens is 1. The van der Waals surface area contributed by atoms with Crippen LogP contribution >= 0.6 is 11.6 Å². The Morgan fingerprint density at radius 3 is 2.46 bits per heavy atom. The average Bonchev–Trinajstić information content (AvgIpc) is 3.21. The predicted molar refractivity (Wildman–Crippen MR) is 131 cm³/mol. The molecule has 0 aliphatic carbocycles. The number of benzene rings is 2. The van der Waals surface area contributed by atoms with Gasteiger partial charge in [0.15, 0.2) is 0 Å². The molecule has 2 aliphatic heterocycles. The number of primary amides is 2. The summed E-state index contributed by atoms with van der Waals surface area (Å²) < 4.78 is 10.4. The highest BCUT2D eigenvalue weighted by Crippen LogP contribution is 2.50. The molecule has 2 fully saturated rings. The molecule has 2 aromatic carbocycles. The van der Waals surface area contributed by atoms with Crippen molar-refractivity contribution >= 4 is 40.8 Å². The minimum absolute atomic E-state index is 0.000581. The van der Waals surface area contributed by atoms with Crippen LogP contribution in [0.25, 0.3) is 0 Å². The van der Waals surface area contributed by atoms with Gasteiger partial charge in [0.25, 0.3) is 11.8 Å². The third kappa shape index (κ3) is 4.05. The van der Waals surface area contributed by atoms with Crippen LogP contribution in [0, 0.1) is 12.3 Å². The summed E-state index contributed by atoms with van der Waals surface area (Å²) in [6.07, 6.45) is 4.87. The molecule has 0 bridgehead atoms. The van der Waals surface area contributed by atoms with Gasteiger partial charge in [-0.15, -0.1) is 6.42 Å². The molecule has 0 saturated carbocycles. The van der Waals surface area contributed by atoms with Gasteiger partial charge in [-0.2, -0.15) is 4.48 Å². The number of likely N-dealkylation sites (tertiary alicyclic amines) is 1. The van der Waals surface area contributed by atoms with E-state index in [1.807, 2.05) is 0 Å². The summed E-state index contributed by atoms with van der Waals surface area (Å²) in [6, 6.07) is 12.6. The summed E-state index contributed by atoms with van der Waals surface area (Å²) in [5, 5.41) is 0.458. The number of hydrogen-bond acceptors (Lipinski definition) is 5. The smallest absolute Gasteiger partial charge is 0.370 e. The van der Waals surface area contributed by atoms with E-state index >= 15 is 0 Å². The van der Waals surface area contributed by atoms with Crippen LogP contribution in [-0.2, 0) is 24.6 Å². The molecule has 10 heteroatoms. The Bertz CT molecular complexity index is 1180. The number of anilines is 1. The van der Waals surface area contributed by atoms with E-state index in [0.29, 0.717) is 35.1 Å². The zero-order valence-corrected chi connectivity index (χ0v) is 19.7. The monoisotopic (exact) mass is 497 g/mol. The quantitative estimate of drug-likeness (QED) is 0.465. The molecular formula is C25H26ClN4O5+. The molecule has 0 radical (unpaired) electrons. The van der Waals surface area contributed by atoms with Gasteiger partial charge in [-0.1, -0.05) is 29.7 Å². The average molecular weight is 498 g/mol. The maximum atomic E-state index is 13.3. The first-order valence-electron chi connectivity index (χ1n) is 11.0. The number of quaternary nitrogens is 1. The van der Waals surface area contributed by atoms with Crippen LogP contribution < -0.4 is 20.9 Å². The first-order valence-corrected chi connectivity index (χ1v) is 11.4. The summed E-state index contributed by atoms with van der Waals surface area (Å²) in [7, 11) is 0. The van der Waals surface area contributed by atoms with Crippen molar-refractivity contribution in [2.24, 2.45) is 11.5 Å². The maximum Gasteiger partial charge on any atom is 0.420 e. The highest BCUT2D eigenvalue weighted by molar-refractivity contribution is 6.30. The number of carbonyl (C=O) groups is 3. The molecule has 1 unspecified atom stereocenters. The molecule has 9 nitrogen and oxygen atoms in total. The number of amides is 4. The minimum Gasteiger partial charge on any atom is -0.370 e. The Balaban J connectivity index is 1.88. The van der Waals surface area contributed by atoms with Crippen molar-refractivity contribution in [2.75, 3.05) is 37.8 Å². The second-order valence-electron chi connectivity index (χ2n) is 8.52. The number of morpholine rings is 1. The topological polar surface area (TPSA) is 125 Å². The van der Waals surface area contributed by atoms with E-state index in [-0.39, 0.29) is 32.1 Å². The molecule has 4 amide bonds. The SMILES string of the molecule is C#CCO[C@@H]1C[C@](C(N)=O)(c2ccc(N3CCOCC3=O)cc2)[N+](C(N)=O)(c2ccc(Cl)cc2)C1. The Morgan fingerprint density at radius 2 is 1.89 bits per heavy atom. The fourth-order valence-corrected chi connectivity index (χ4v) is 5.32. The molecule has 2 aliphatic rings. The first kappa shape index (κ1) is 24.7. The fourth-order valence-electron chi connectivity index (χ4n) is 5.19. The molecule has 0 spiro atoms. The normalized spacial score (nSPS) is 26.3. The molecule has 182 valence electrons. The summed E-state index contributed by atoms with van der Waals surface area (Å²) in [5.41, 5.74) is 12.1. The molecule has 2 heterocycles. The maximum absolute atomic E-state index is 13.3. The van der Waals surface area contributed by atoms with Crippen LogP contribution in [0.5, 0.6) is 0 Å². The van der Waals surface area contributed by atoms with Crippen molar-refractivity contribution < 1.29 is 23.9 Å². The fraction of sp³-hybridized carbons (Fsp3) is 0.320. The van der Waals surface area contributed by atoms with Crippen LogP contribution in [0.15, 0.2) is 48.5 Å². The van der Waals surface area contributed by atoms with E-state index in [2.05, 4.69) is 5.92 Å². The van der Waals surface area contributed by atoms with Gasteiger partial charge in [-0.3, -0.25) is 9.59 Å². The van der Waals surface area contributed by atoms with Crippen LogP contribution in [-0.4, -0.2) is 56.9 Å². The zero-order valence-electron chi connectivity index (χ0n) is 19.0. The lowest BCUT2D eigenvalue weighted by Crippen LogP contribution is -2.70. The number of urea groups is 1. The third-order valence-electron chi connectivity index (χ3n) is 6.75. The molecule has 35 heavy (non-hydrogen) atoms. The highest BCUT2D eigenvalue weighted by Gasteiger charge is 2.68. The van der Waals surface area contributed by atoms with Gasteiger partial charge in [0.05, 0.1) is 6.61 Å². The number of carbonyl (C=O) groups excluding carboxylic acids is 3. The summed E-state index contributed by atoms with van der Waals surface area (Å²) >= 11 is 6.09. The Labute approximate surface area is 208 Å². The number of rotatable bonds is 6. The Kier molecular flexibility index (Phi) is 6.83. The first-order chi connectivity index (χ1) is 16.8. The molecule has 3 atom stereocenters. The van der Waals surface area contributed by atoms with Crippen LogP contribution in [0.1, 0.15) is 12.0 Å². The summed E-state index contributed by atoms with van der Waals surface area (Å²) in [5.74, 6) is 1.51. The van der Waals surface area contributed by atoms with Crippen LogP contribution in [0.4, 0.5) is 16.2 Å². The lowest BCUT2D eigenvalue weighted by Gasteiger charge is -2.42. The summed E-state index contributed by atoms with van der Waals surface area (Å²) in [6.45, 7) is 0.875. The largest absolute Gasteiger partial charge is 0.420 e. The van der Waals surface area contributed by atoms with Gasteiger partial charge in [0.2, 0.25) is 5.54 Å². The highest BCUT2D eigenvalue weighted by atomic mass is 35.5. The van der Waals surface area contributed by atoms with Gasteiger partial charge >= 0.3 is 6.03 Å². The van der Waals surface area contributed by atoms with Crippen LogP contribution in [0.3, 0.4) is 0 Å². The summed E-state index contributed by atoms with van der Waals surface area (Å²) in [4.78, 5) is 40.5. The van der Waals surface area contributed by atoms with Gasteiger partial charge in [0, 0.05) is 41.4 Å². The molecule has 4 rings (SSSR count). The number of terminal acetylenes is 1.